The quantitative estimate of drug-likeness (QED) is 0.503. The number of nitrogens with zero attached hydrogens (tertiary/aromatic N) is 1. The van der Waals surface area contributed by atoms with Crippen LogP contribution in [-0.2, 0) is 14.3 Å². The van der Waals surface area contributed by atoms with E-state index in [4.69, 9.17) is 4.74 Å². The van der Waals surface area contributed by atoms with Gasteiger partial charge in [-0.3, -0.25) is 9.59 Å². The number of ether oxygens (including phenoxy) is 1. The lowest BCUT2D eigenvalue weighted by Gasteiger charge is -2.35. The summed E-state index contributed by atoms with van der Waals surface area (Å²) in [6.45, 7) is 13.1. The lowest BCUT2D eigenvalue weighted by atomic mass is 9.95. The molecule has 0 aliphatic heterocycles. The van der Waals surface area contributed by atoms with Crippen molar-refractivity contribution in [3.63, 3.8) is 0 Å². The Bertz CT molecular complexity index is 877. The van der Waals surface area contributed by atoms with Crippen LogP contribution < -0.4 is 10.6 Å². The van der Waals surface area contributed by atoms with Crippen molar-refractivity contribution in [3.8, 4) is 0 Å². The van der Waals surface area contributed by atoms with Crippen LogP contribution in [0, 0.1) is 13.8 Å². The topological polar surface area (TPSA) is 87.7 Å². The maximum atomic E-state index is 14.0. The van der Waals surface area contributed by atoms with Crippen molar-refractivity contribution in [2.75, 3.05) is 12.0 Å². The summed E-state index contributed by atoms with van der Waals surface area (Å²) in [5, 5.41) is 5.80. The van der Waals surface area contributed by atoms with Crippen molar-refractivity contribution >= 4 is 29.7 Å². The molecular formula is C26H41N3O4S. The van der Waals surface area contributed by atoms with Gasteiger partial charge in [0.05, 0.1) is 0 Å². The number of nitrogens with one attached hydrogen (secondary N) is 2. The van der Waals surface area contributed by atoms with E-state index in [1.165, 1.54) is 0 Å². The molecule has 0 radical (unpaired) electrons. The lowest BCUT2D eigenvalue weighted by molar-refractivity contribution is -0.143. The van der Waals surface area contributed by atoms with Gasteiger partial charge in [-0.25, -0.2) is 4.79 Å². The molecular weight excluding hydrogens is 450 g/mol. The molecule has 2 N–H and O–H groups in total. The molecule has 0 bridgehead atoms. The summed E-state index contributed by atoms with van der Waals surface area (Å²) in [6, 6.07) is 4.34. The summed E-state index contributed by atoms with van der Waals surface area (Å²) >= 11 is 1.61. The number of benzene rings is 1. The van der Waals surface area contributed by atoms with E-state index in [2.05, 4.69) is 10.6 Å². The van der Waals surface area contributed by atoms with Crippen LogP contribution in [-0.4, -0.2) is 58.5 Å². The van der Waals surface area contributed by atoms with Gasteiger partial charge in [0.25, 0.3) is 0 Å². The summed E-state index contributed by atoms with van der Waals surface area (Å²) in [5.74, 6) is 0.244. The van der Waals surface area contributed by atoms with Gasteiger partial charge in [0.15, 0.2) is 0 Å². The Kier molecular flexibility index (Phi) is 9.85. The second-order valence-electron chi connectivity index (χ2n) is 10.4. The molecule has 0 heterocycles. The molecule has 2 rings (SSSR count). The normalized spacial score (nSPS) is 15.4. The summed E-state index contributed by atoms with van der Waals surface area (Å²) in [7, 11) is 0. The van der Waals surface area contributed by atoms with Crippen LogP contribution in [0.15, 0.2) is 18.2 Å². The summed E-state index contributed by atoms with van der Waals surface area (Å²) in [4.78, 5) is 41.8. The van der Waals surface area contributed by atoms with Gasteiger partial charge in [-0.15, -0.1) is 0 Å². The third-order valence-corrected chi connectivity index (χ3v) is 6.13. The van der Waals surface area contributed by atoms with Crippen LogP contribution >= 0.6 is 11.8 Å². The second kappa shape index (κ2) is 12.0. The fourth-order valence-corrected chi connectivity index (χ4v) is 4.30. The van der Waals surface area contributed by atoms with E-state index in [1.54, 1.807) is 37.4 Å². The Morgan fingerprint density at radius 1 is 1.15 bits per heavy atom. The minimum Gasteiger partial charge on any atom is -0.444 e. The average Bonchev–Trinajstić information content (AvgIpc) is 3.53. The van der Waals surface area contributed by atoms with E-state index in [0.717, 1.165) is 29.5 Å². The van der Waals surface area contributed by atoms with E-state index in [1.807, 2.05) is 52.1 Å². The molecule has 190 valence electrons. The smallest absolute Gasteiger partial charge is 0.408 e. The summed E-state index contributed by atoms with van der Waals surface area (Å²) in [5.41, 5.74) is 2.12. The van der Waals surface area contributed by atoms with Gasteiger partial charge in [-0.1, -0.05) is 23.8 Å². The zero-order valence-corrected chi connectivity index (χ0v) is 22.7. The first kappa shape index (κ1) is 28.0. The van der Waals surface area contributed by atoms with Gasteiger partial charge in [0, 0.05) is 12.1 Å². The molecule has 1 aromatic rings. The van der Waals surface area contributed by atoms with Crippen LogP contribution in [0.1, 0.15) is 76.6 Å². The van der Waals surface area contributed by atoms with Gasteiger partial charge in [-0.2, -0.15) is 11.8 Å². The number of alkyl carbamates (subject to hydrolysis) is 1. The molecule has 7 nitrogen and oxygen atoms in total. The van der Waals surface area contributed by atoms with Crippen LogP contribution in [0.3, 0.4) is 0 Å². The molecule has 2 atom stereocenters. The fourth-order valence-electron chi connectivity index (χ4n) is 3.83. The van der Waals surface area contributed by atoms with Gasteiger partial charge < -0.3 is 20.3 Å². The van der Waals surface area contributed by atoms with Crippen LogP contribution in [0.5, 0.6) is 0 Å². The second-order valence-corrected chi connectivity index (χ2v) is 11.4. The number of carbonyl (C=O) groups is 3. The van der Waals surface area contributed by atoms with Crippen molar-refractivity contribution in [1.29, 1.82) is 0 Å². The van der Waals surface area contributed by atoms with Crippen LogP contribution in [0.2, 0.25) is 0 Å². The Morgan fingerprint density at radius 2 is 1.79 bits per heavy atom. The standard InChI is InChI=1S/C26H41N3O4S/c1-16(2)27-23(30)22(20-15-17(3)9-10-18(20)4)29(19-11-12-19)24(31)21(13-14-34-8)28-25(32)33-26(5,6)7/h9-10,15-16,19,21-22H,11-14H2,1-8H3,(H,27,30)(H,28,32). The predicted molar refractivity (Wildman–Crippen MR) is 138 cm³/mol. The van der Waals surface area contributed by atoms with Crippen molar-refractivity contribution in [1.82, 2.24) is 15.5 Å². The maximum absolute atomic E-state index is 14.0. The summed E-state index contributed by atoms with van der Waals surface area (Å²) < 4.78 is 5.43. The molecule has 1 fully saturated rings. The number of aryl methyl sites for hydroxylation is 2. The first-order valence-electron chi connectivity index (χ1n) is 12.0. The number of thioether (sulfide) groups is 1. The summed E-state index contributed by atoms with van der Waals surface area (Å²) in [6.07, 6.45) is 3.46. The van der Waals surface area contributed by atoms with Gasteiger partial charge in [-0.05, 0) is 90.9 Å². The molecule has 1 aliphatic carbocycles. The fraction of sp³-hybridized carbons (Fsp3) is 0.654. The van der Waals surface area contributed by atoms with Crippen LogP contribution in [0.4, 0.5) is 4.79 Å². The maximum Gasteiger partial charge on any atom is 0.408 e. The highest BCUT2D eigenvalue weighted by atomic mass is 32.2. The SMILES string of the molecule is CSCCC(NC(=O)OC(C)(C)C)C(=O)N(C1CC1)C(C(=O)NC(C)C)c1cc(C)ccc1C. The first-order valence-corrected chi connectivity index (χ1v) is 13.4. The van der Waals surface area contributed by atoms with Gasteiger partial charge in [0.1, 0.15) is 17.7 Å². The number of amides is 3. The monoisotopic (exact) mass is 491 g/mol. The molecule has 1 saturated carbocycles. The number of carbonyl (C=O) groups excluding carboxylic acids is 3. The molecule has 34 heavy (non-hydrogen) atoms. The van der Waals surface area contributed by atoms with Crippen molar-refractivity contribution in [2.24, 2.45) is 0 Å². The Labute approximate surface area is 208 Å². The Hall–Kier alpha value is -2.22. The Morgan fingerprint density at radius 3 is 2.32 bits per heavy atom. The molecule has 1 aromatic carbocycles. The minimum atomic E-state index is -0.776. The van der Waals surface area contributed by atoms with E-state index in [9.17, 15) is 14.4 Å². The third-order valence-electron chi connectivity index (χ3n) is 5.48. The zero-order valence-electron chi connectivity index (χ0n) is 21.9. The largest absolute Gasteiger partial charge is 0.444 e. The highest BCUT2D eigenvalue weighted by Crippen LogP contribution is 2.37. The molecule has 2 unspecified atom stereocenters. The average molecular weight is 492 g/mol. The molecule has 8 heteroatoms. The number of hydrogen-bond acceptors (Lipinski definition) is 5. The molecule has 0 spiro atoms. The first-order chi connectivity index (χ1) is 15.8. The molecule has 0 aromatic heterocycles. The highest BCUT2D eigenvalue weighted by molar-refractivity contribution is 7.98. The third kappa shape index (κ3) is 8.22. The molecule has 0 saturated heterocycles. The number of rotatable bonds is 10. The van der Waals surface area contributed by atoms with E-state index >= 15 is 0 Å². The minimum absolute atomic E-state index is 0.0347. The van der Waals surface area contributed by atoms with Crippen molar-refractivity contribution in [2.45, 2.75) is 97.5 Å². The number of hydrogen-bond donors (Lipinski definition) is 2. The van der Waals surface area contributed by atoms with E-state index in [-0.39, 0.29) is 23.9 Å². The lowest BCUT2D eigenvalue weighted by Crippen LogP contribution is -2.54. The Balaban J connectivity index is 2.47. The van der Waals surface area contributed by atoms with Crippen molar-refractivity contribution < 1.29 is 19.1 Å². The zero-order chi connectivity index (χ0) is 25.6. The molecule has 1 aliphatic rings. The van der Waals surface area contributed by atoms with Crippen molar-refractivity contribution in [3.05, 3.63) is 34.9 Å². The highest BCUT2D eigenvalue weighted by Gasteiger charge is 2.44. The van der Waals surface area contributed by atoms with E-state index in [0.29, 0.717) is 12.2 Å². The van der Waals surface area contributed by atoms with Gasteiger partial charge in [0.2, 0.25) is 11.8 Å². The molecule has 3 amide bonds. The predicted octanol–water partition coefficient (Wildman–Crippen LogP) is 4.51. The van der Waals surface area contributed by atoms with Crippen LogP contribution in [0.25, 0.3) is 0 Å². The van der Waals surface area contributed by atoms with Gasteiger partial charge >= 0.3 is 6.09 Å². The van der Waals surface area contributed by atoms with E-state index < -0.39 is 23.8 Å².